The lowest BCUT2D eigenvalue weighted by atomic mass is 10.2. The highest BCUT2D eigenvalue weighted by atomic mass is 32.2. The van der Waals surface area contributed by atoms with Gasteiger partial charge in [-0.1, -0.05) is 13.0 Å². The van der Waals surface area contributed by atoms with E-state index in [0.717, 1.165) is 6.08 Å². The number of esters is 2. The van der Waals surface area contributed by atoms with E-state index in [2.05, 4.69) is 9.46 Å². The number of rotatable bonds is 9. The largest absolute Gasteiger partial charge is 0.495 e. The number of carbonyl (C=O) groups is 2. The first-order valence-corrected chi connectivity index (χ1v) is 9.00. The minimum Gasteiger partial charge on any atom is -0.495 e. The Morgan fingerprint density at radius 3 is 2.52 bits per heavy atom. The van der Waals surface area contributed by atoms with Crippen LogP contribution in [0.1, 0.15) is 19.4 Å². The fraction of sp³-hybridized carbons (Fsp3) is 0.375. The summed E-state index contributed by atoms with van der Waals surface area (Å²) in [5, 5.41) is 0. The van der Waals surface area contributed by atoms with Crippen molar-refractivity contribution in [3.63, 3.8) is 0 Å². The van der Waals surface area contributed by atoms with Gasteiger partial charge in [0, 0.05) is 12.6 Å². The van der Waals surface area contributed by atoms with Crippen molar-refractivity contribution in [2.24, 2.45) is 0 Å². The van der Waals surface area contributed by atoms with E-state index in [1.54, 1.807) is 19.9 Å². The molecule has 0 atom stereocenters. The van der Waals surface area contributed by atoms with Gasteiger partial charge in [-0.3, -0.25) is 0 Å². The third-order valence-electron chi connectivity index (χ3n) is 2.86. The minimum absolute atomic E-state index is 0.0427. The maximum Gasteiger partial charge on any atom is 0.344 e. The molecular weight excluding hydrogens is 350 g/mol. The van der Waals surface area contributed by atoms with Crippen LogP contribution in [-0.2, 0) is 29.1 Å². The van der Waals surface area contributed by atoms with Gasteiger partial charge in [0.15, 0.2) is 6.61 Å². The van der Waals surface area contributed by atoms with Crippen LogP contribution in [0.5, 0.6) is 5.75 Å². The van der Waals surface area contributed by atoms with Crippen LogP contribution in [0.4, 0.5) is 0 Å². The molecule has 1 aromatic carbocycles. The Labute approximate surface area is 146 Å². The summed E-state index contributed by atoms with van der Waals surface area (Å²) in [5.74, 6) is -1.21. The van der Waals surface area contributed by atoms with Gasteiger partial charge in [0.1, 0.15) is 10.6 Å². The maximum atomic E-state index is 12.2. The van der Waals surface area contributed by atoms with Crippen molar-refractivity contribution >= 4 is 28.0 Å². The summed E-state index contributed by atoms with van der Waals surface area (Å²) in [6.45, 7) is 3.24. The average molecular weight is 371 g/mol. The molecule has 0 heterocycles. The molecule has 0 aromatic heterocycles. The van der Waals surface area contributed by atoms with Crippen LogP contribution in [0, 0.1) is 0 Å². The van der Waals surface area contributed by atoms with Crippen molar-refractivity contribution in [2.45, 2.75) is 18.7 Å². The molecule has 0 saturated carbocycles. The van der Waals surface area contributed by atoms with Gasteiger partial charge in [-0.25, -0.2) is 22.7 Å². The number of carbonyl (C=O) groups excluding carboxylic acids is 2. The number of hydrogen-bond acceptors (Lipinski definition) is 7. The van der Waals surface area contributed by atoms with Gasteiger partial charge in [-0.15, -0.1) is 0 Å². The second-order valence-corrected chi connectivity index (χ2v) is 6.39. The molecule has 0 saturated heterocycles. The third-order valence-corrected chi connectivity index (χ3v) is 4.43. The van der Waals surface area contributed by atoms with Crippen LogP contribution >= 0.6 is 0 Å². The van der Waals surface area contributed by atoms with Crippen LogP contribution in [0.3, 0.4) is 0 Å². The van der Waals surface area contributed by atoms with Gasteiger partial charge in [0.05, 0.1) is 13.7 Å². The molecule has 138 valence electrons. The normalized spacial score (nSPS) is 11.3. The first-order valence-electron chi connectivity index (χ1n) is 7.52. The lowest BCUT2D eigenvalue weighted by Gasteiger charge is -2.10. The molecule has 0 unspecified atom stereocenters. The van der Waals surface area contributed by atoms with Crippen LogP contribution in [0.15, 0.2) is 29.2 Å². The van der Waals surface area contributed by atoms with E-state index in [-0.39, 0.29) is 23.8 Å². The highest BCUT2D eigenvalue weighted by molar-refractivity contribution is 7.89. The Balaban J connectivity index is 2.89. The Morgan fingerprint density at radius 1 is 1.20 bits per heavy atom. The Morgan fingerprint density at radius 2 is 1.92 bits per heavy atom. The first-order chi connectivity index (χ1) is 11.8. The van der Waals surface area contributed by atoms with E-state index in [9.17, 15) is 18.0 Å². The predicted molar refractivity (Wildman–Crippen MR) is 90.5 cm³/mol. The zero-order valence-corrected chi connectivity index (χ0v) is 15.1. The zero-order valence-electron chi connectivity index (χ0n) is 14.3. The summed E-state index contributed by atoms with van der Waals surface area (Å²) in [6, 6.07) is 4.43. The molecule has 25 heavy (non-hydrogen) atoms. The standard InChI is InChI=1S/C16H21NO7S/c1-4-17-25(20,21)14-10-12(6-8-13(14)22-3)7-9-15(18)24-11-16(19)23-5-2/h6-10,17H,4-5,11H2,1-3H3. The summed E-state index contributed by atoms with van der Waals surface area (Å²) in [5.41, 5.74) is 0.449. The van der Waals surface area contributed by atoms with E-state index in [0.29, 0.717) is 5.56 Å². The molecular formula is C16H21NO7S. The Kier molecular flexibility index (Phi) is 8.09. The fourth-order valence-corrected chi connectivity index (χ4v) is 3.06. The van der Waals surface area contributed by atoms with Crippen LogP contribution in [-0.4, -0.2) is 47.2 Å². The molecule has 9 heteroatoms. The number of ether oxygens (including phenoxy) is 3. The molecule has 0 aliphatic carbocycles. The van der Waals surface area contributed by atoms with Gasteiger partial charge >= 0.3 is 11.9 Å². The van der Waals surface area contributed by atoms with Crippen LogP contribution in [0.25, 0.3) is 6.08 Å². The molecule has 0 fully saturated rings. The Hall–Kier alpha value is -2.39. The smallest absolute Gasteiger partial charge is 0.344 e. The third kappa shape index (κ3) is 6.55. The molecule has 1 aromatic rings. The highest BCUT2D eigenvalue weighted by Gasteiger charge is 2.18. The minimum atomic E-state index is -3.73. The summed E-state index contributed by atoms with van der Waals surface area (Å²) >= 11 is 0. The van der Waals surface area contributed by atoms with Gasteiger partial charge in [0.2, 0.25) is 10.0 Å². The topological polar surface area (TPSA) is 108 Å². The highest BCUT2D eigenvalue weighted by Crippen LogP contribution is 2.25. The quantitative estimate of drug-likeness (QED) is 0.512. The van der Waals surface area contributed by atoms with E-state index >= 15 is 0 Å². The second kappa shape index (κ2) is 9.80. The van der Waals surface area contributed by atoms with E-state index < -0.39 is 28.6 Å². The molecule has 0 aliphatic heterocycles. The van der Waals surface area contributed by atoms with Crippen LogP contribution in [0.2, 0.25) is 0 Å². The lowest BCUT2D eigenvalue weighted by Crippen LogP contribution is -2.23. The molecule has 0 bridgehead atoms. The van der Waals surface area contributed by atoms with Gasteiger partial charge < -0.3 is 14.2 Å². The van der Waals surface area contributed by atoms with Gasteiger partial charge in [-0.2, -0.15) is 0 Å². The molecule has 1 rings (SSSR count). The van der Waals surface area contributed by atoms with Crippen molar-refractivity contribution in [1.82, 2.24) is 4.72 Å². The van der Waals surface area contributed by atoms with Gasteiger partial charge in [0.25, 0.3) is 0 Å². The van der Waals surface area contributed by atoms with E-state index in [4.69, 9.17) is 9.47 Å². The van der Waals surface area contributed by atoms with Crippen molar-refractivity contribution in [2.75, 3.05) is 26.9 Å². The number of methoxy groups -OCH3 is 1. The molecule has 0 amide bonds. The van der Waals surface area contributed by atoms with E-state index in [1.165, 1.54) is 25.3 Å². The fourth-order valence-electron chi connectivity index (χ4n) is 1.82. The maximum absolute atomic E-state index is 12.2. The summed E-state index contributed by atoms with van der Waals surface area (Å²) in [7, 11) is -2.36. The van der Waals surface area contributed by atoms with Crippen molar-refractivity contribution in [1.29, 1.82) is 0 Å². The molecule has 8 nitrogen and oxygen atoms in total. The van der Waals surface area contributed by atoms with Crippen molar-refractivity contribution in [3.8, 4) is 5.75 Å². The molecule has 0 spiro atoms. The number of hydrogen-bond donors (Lipinski definition) is 1. The van der Waals surface area contributed by atoms with Crippen molar-refractivity contribution in [3.05, 3.63) is 29.8 Å². The van der Waals surface area contributed by atoms with E-state index in [1.807, 2.05) is 0 Å². The predicted octanol–water partition coefficient (Wildman–Crippen LogP) is 1.11. The molecule has 1 N–H and O–H groups in total. The van der Waals surface area contributed by atoms with Crippen LogP contribution < -0.4 is 9.46 Å². The summed E-state index contributed by atoms with van der Waals surface area (Å²) in [6.07, 6.45) is 2.46. The first kappa shape index (κ1) is 20.7. The molecule has 0 radical (unpaired) electrons. The Bertz CT molecular complexity index is 741. The number of benzene rings is 1. The summed E-state index contributed by atoms with van der Waals surface area (Å²) in [4.78, 5) is 22.6. The number of sulfonamides is 1. The molecule has 0 aliphatic rings. The van der Waals surface area contributed by atoms with Crippen molar-refractivity contribution < 1.29 is 32.2 Å². The monoisotopic (exact) mass is 371 g/mol. The number of nitrogens with one attached hydrogen (secondary N) is 1. The van der Waals surface area contributed by atoms with Gasteiger partial charge in [-0.05, 0) is 30.7 Å². The summed E-state index contributed by atoms with van der Waals surface area (Å²) < 4.78 is 41.1. The SMILES string of the molecule is CCNS(=O)(=O)c1cc(C=CC(=O)OCC(=O)OCC)ccc1OC. The second-order valence-electron chi connectivity index (χ2n) is 4.66. The average Bonchev–Trinajstić information content (AvgIpc) is 2.58. The zero-order chi connectivity index (χ0) is 18.9. The lowest BCUT2D eigenvalue weighted by molar-refractivity contribution is -0.155.